The quantitative estimate of drug-likeness (QED) is 0.637. The Morgan fingerprint density at radius 2 is 2.00 bits per heavy atom. The number of methoxy groups -OCH3 is 1. The Kier molecular flexibility index (Phi) is 8.25. The van der Waals surface area contributed by atoms with Crippen LogP contribution in [0.4, 0.5) is 0 Å². The highest BCUT2D eigenvalue weighted by molar-refractivity contribution is 5.37. The van der Waals surface area contributed by atoms with E-state index in [1.165, 1.54) is 31.2 Å². The first-order valence-electron chi connectivity index (χ1n) is 9.92. The topological polar surface area (TPSA) is 30.5 Å². The third-order valence-electron chi connectivity index (χ3n) is 5.00. The molecule has 0 amide bonds. The van der Waals surface area contributed by atoms with Gasteiger partial charge < -0.3 is 14.8 Å². The van der Waals surface area contributed by atoms with Crippen LogP contribution in [0.2, 0.25) is 0 Å². The van der Waals surface area contributed by atoms with Crippen molar-refractivity contribution in [2.75, 3.05) is 33.4 Å². The molecule has 2 rings (SSSR count). The summed E-state index contributed by atoms with van der Waals surface area (Å²) in [7, 11) is 1.79. The minimum Gasteiger partial charge on any atom is -0.493 e. The third-order valence-corrected chi connectivity index (χ3v) is 5.00. The van der Waals surface area contributed by atoms with Crippen LogP contribution in [0.15, 0.2) is 24.3 Å². The number of piperidine rings is 1. The molecule has 1 fully saturated rings. The van der Waals surface area contributed by atoms with Crippen molar-refractivity contribution in [1.82, 2.24) is 5.32 Å². The Bertz CT molecular complexity index is 489. The second-order valence-electron chi connectivity index (χ2n) is 8.59. The highest BCUT2D eigenvalue weighted by Gasteiger charge is 2.27. The lowest BCUT2D eigenvalue weighted by molar-refractivity contribution is 0.186. The Morgan fingerprint density at radius 1 is 1.20 bits per heavy atom. The van der Waals surface area contributed by atoms with Gasteiger partial charge in [0.2, 0.25) is 0 Å². The normalized spacial score (nSPS) is 19.6. The molecule has 25 heavy (non-hydrogen) atoms. The van der Waals surface area contributed by atoms with Gasteiger partial charge in [0.05, 0.1) is 6.61 Å². The number of benzene rings is 1. The van der Waals surface area contributed by atoms with Crippen LogP contribution in [-0.2, 0) is 4.74 Å². The summed E-state index contributed by atoms with van der Waals surface area (Å²) < 4.78 is 11.5. The van der Waals surface area contributed by atoms with Crippen LogP contribution in [-0.4, -0.2) is 33.4 Å². The lowest BCUT2D eigenvalue weighted by atomic mass is 9.78. The summed E-state index contributed by atoms with van der Waals surface area (Å²) in [4.78, 5) is 0. The van der Waals surface area contributed by atoms with Gasteiger partial charge in [0, 0.05) is 13.7 Å². The van der Waals surface area contributed by atoms with E-state index in [0.717, 1.165) is 38.5 Å². The molecule has 142 valence electrons. The summed E-state index contributed by atoms with van der Waals surface area (Å²) in [5, 5.41) is 3.60. The van der Waals surface area contributed by atoms with E-state index in [1.54, 1.807) is 7.11 Å². The van der Waals surface area contributed by atoms with E-state index in [9.17, 15) is 0 Å². The van der Waals surface area contributed by atoms with Crippen molar-refractivity contribution in [3.8, 4) is 5.75 Å². The van der Waals surface area contributed by atoms with Gasteiger partial charge >= 0.3 is 0 Å². The van der Waals surface area contributed by atoms with Crippen LogP contribution in [0.25, 0.3) is 0 Å². The zero-order chi connectivity index (χ0) is 18.1. The van der Waals surface area contributed by atoms with Crippen LogP contribution in [0.5, 0.6) is 5.75 Å². The molecule has 1 N–H and O–H groups in total. The van der Waals surface area contributed by atoms with Crippen molar-refractivity contribution in [2.45, 2.75) is 58.8 Å². The fourth-order valence-corrected chi connectivity index (χ4v) is 3.69. The van der Waals surface area contributed by atoms with Crippen LogP contribution in [0.3, 0.4) is 0 Å². The van der Waals surface area contributed by atoms with Gasteiger partial charge in [-0.25, -0.2) is 0 Å². The molecule has 0 bridgehead atoms. The average molecular weight is 348 g/mol. The molecule has 3 nitrogen and oxygen atoms in total. The fraction of sp³-hybridized carbons (Fsp3) is 0.727. The van der Waals surface area contributed by atoms with Gasteiger partial charge in [0.1, 0.15) is 5.75 Å². The van der Waals surface area contributed by atoms with Gasteiger partial charge in [-0.3, -0.25) is 0 Å². The number of rotatable bonds is 9. The molecule has 1 aliphatic rings. The summed E-state index contributed by atoms with van der Waals surface area (Å²) >= 11 is 0. The number of nitrogens with one attached hydrogen (secondary N) is 1. The van der Waals surface area contributed by atoms with Crippen LogP contribution in [0, 0.1) is 11.3 Å². The standard InChI is InChI=1S/C22H37NO2/c1-22(2,3)17-25-21-13-6-5-12-20(21)19(11-7-8-15-24-4)18-10-9-14-23-16-18/h5-6,12-13,18-19,23H,7-11,14-17H2,1-4H3/t18-,19-/m0/s1. The van der Waals surface area contributed by atoms with Gasteiger partial charge in [-0.1, -0.05) is 45.4 Å². The lowest BCUT2D eigenvalue weighted by Gasteiger charge is -2.32. The first kappa shape index (κ1) is 20.3. The Labute approximate surface area is 154 Å². The Morgan fingerprint density at radius 3 is 2.68 bits per heavy atom. The van der Waals surface area contributed by atoms with Crippen LogP contribution in [0.1, 0.15) is 64.4 Å². The van der Waals surface area contributed by atoms with E-state index >= 15 is 0 Å². The van der Waals surface area contributed by atoms with Crippen LogP contribution < -0.4 is 10.1 Å². The van der Waals surface area contributed by atoms with Gasteiger partial charge in [-0.05, 0) is 67.7 Å². The lowest BCUT2D eigenvalue weighted by Crippen LogP contribution is -2.33. The number of hydrogen-bond donors (Lipinski definition) is 1. The van der Waals surface area contributed by atoms with Crippen molar-refractivity contribution in [2.24, 2.45) is 11.3 Å². The monoisotopic (exact) mass is 347 g/mol. The Balaban J connectivity index is 2.14. The number of ether oxygens (including phenoxy) is 2. The molecule has 0 aromatic heterocycles. The summed E-state index contributed by atoms with van der Waals surface area (Å²) in [5.41, 5.74) is 1.57. The molecule has 1 saturated heterocycles. The minimum absolute atomic E-state index is 0.174. The van der Waals surface area contributed by atoms with Crippen molar-refractivity contribution in [3.05, 3.63) is 29.8 Å². The van der Waals surface area contributed by atoms with E-state index in [2.05, 4.69) is 50.4 Å². The maximum atomic E-state index is 6.26. The van der Waals surface area contributed by atoms with Crippen molar-refractivity contribution < 1.29 is 9.47 Å². The molecule has 1 aromatic rings. The van der Waals surface area contributed by atoms with Crippen molar-refractivity contribution in [1.29, 1.82) is 0 Å². The SMILES string of the molecule is COCCCC[C@H](c1ccccc1OCC(C)(C)C)[C@H]1CCCNC1. The van der Waals surface area contributed by atoms with Crippen molar-refractivity contribution >= 4 is 0 Å². The van der Waals surface area contributed by atoms with Crippen LogP contribution >= 0.6 is 0 Å². The first-order valence-corrected chi connectivity index (χ1v) is 9.92. The largest absolute Gasteiger partial charge is 0.493 e. The molecule has 0 unspecified atom stereocenters. The van der Waals surface area contributed by atoms with E-state index in [4.69, 9.17) is 9.47 Å². The maximum absolute atomic E-state index is 6.26. The summed E-state index contributed by atoms with van der Waals surface area (Å²) in [6, 6.07) is 8.70. The van der Waals surface area contributed by atoms with Gasteiger partial charge in [0.15, 0.2) is 0 Å². The second kappa shape index (κ2) is 10.2. The predicted octanol–water partition coefficient (Wildman–Crippen LogP) is 5.01. The van der Waals surface area contributed by atoms with E-state index in [0.29, 0.717) is 11.8 Å². The summed E-state index contributed by atoms with van der Waals surface area (Å²) in [6.45, 7) is 10.6. The molecular formula is C22H37NO2. The smallest absolute Gasteiger partial charge is 0.122 e. The van der Waals surface area contributed by atoms with Gasteiger partial charge in [-0.2, -0.15) is 0 Å². The van der Waals surface area contributed by atoms with Gasteiger partial charge in [-0.15, -0.1) is 0 Å². The molecule has 1 heterocycles. The Hall–Kier alpha value is -1.06. The highest BCUT2D eigenvalue weighted by Crippen LogP contribution is 2.38. The molecule has 2 atom stereocenters. The molecule has 0 aliphatic carbocycles. The predicted molar refractivity (Wildman–Crippen MR) is 105 cm³/mol. The zero-order valence-electron chi connectivity index (χ0n) is 16.6. The van der Waals surface area contributed by atoms with Crippen molar-refractivity contribution in [3.63, 3.8) is 0 Å². The summed E-state index contributed by atoms with van der Waals surface area (Å²) in [6.07, 6.45) is 6.16. The average Bonchev–Trinajstić information content (AvgIpc) is 2.61. The van der Waals surface area contributed by atoms with E-state index in [1.807, 2.05) is 0 Å². The number of hydrogen-bond acceptors (Lipinski definition) is 3. The maximum Gasteiger partial charge on any atom is 0.122 e. The molecule has 1 aliphatic heterocycles. The first-order chi connectivity index (χ1) is 12.0. The molecule has 0 saturated carbocycles. The molecule has 3 heteroatoms. The molecule has 0 radical (unpaired) electrons. The van der Waals surface area contributed by atoms with E-state index in [-0.39, 0.29) is 5.41 Å². The molecular weight excluding hydrogens is 310 g/mol. The number of unbranched alkanes of at least 4 members (excludes halogenated alkanes) is 1. The van der Waals surface area contributed by atoms with E-state index < -0.39 is 0 Å². The second-order valence-corrected chi connectivity index (χ2v) is 8.59. The highest BCUT2D eigenvalue weighted by atomic mass is 16.5. The molecule has 0 spiro atoms. The minimum atomic E-state index is 0.174. The third kappa shape index (κ3) is 6.99. The van der Waals surface area contributed by atoms with Gasteiger partial charge in [0.25, 0.3) is 0 Å². The zero-order valence-corrected chi connectivity index (χ0v) is 16.6. The summed E-state index contributed by atoms with van der Waals surface area (Å²) in [5.74, 6) is 2.36. The molecule has 1 aromatic carbocycles. The fourth-order valence-electron chi connectivity index (χ4n) is 3.69. The number of para-hydroxylation sites is 1.